The number of hydrogen-bond acceptors (Lipinski definition) is 16. The predicted molar refractivity (Wildman–Crippen MR) is 265 cm³/mol. The van der Waals surface area contributed by atoms with Gasteiger partial charge in [-0.3, -0.25) is 4.79 Å². The van der Waals surface area contributed by atoms with Crippen molar-refractivity contribution in [1.82, 2.24) is 54.2 Å². The van der Waals surface area contributed by atoms with Gasteiger partial charge in [0.2, 0.25) is 33.7 Å². The van der Waals surface area contributed by atoms with E-state index in [4.69, 9.17) is 9.47 Å². The van der Waals surface area contributed by atoms with Gasteiger partial charge in [-0.2, -0.15) is 46.5 Å². The van der Waals surface area contributed by atoms with Crippen LogP contribution in [0.25, 0.3) is 33.9 Å². The van der Waals surface area contributed by atoms with Crippen LogP contribution in [0.4, 0.5) is 49.6 Å². The smallest absolute Gasteiger partial charge is 0.435 e. The number of aryl methyl sites for hydroxylation is 4. The highest BCUT2D eigenvalue weighted by Gasteiger charge is 2.35. The molecule has 0 aliphatic heterocycles. The van der Waals surface area contributed by atoms with Crippen molar-refractivity contribution in [3.63, 3.8) is 0 Å². The van der Waals surface area contributed by atoms with Crippen molar-refractivity contribution in [3.8, 4) is 45.6 Å². The molecule has 0 saturated carbocycles. The zero-order valence-corrected chi connectivity index (χ0v) is 42.2. The van der Waals surface area contributed by atoms with Crippen LogP contribution in [0, 0.1) is 27.7 Å². The minimum absolute atomic E-state index is 0.00863. The Morgan fingerprint density at radius 2 is 1.00 bits per heavy atom. The first-order chi connectivity index (χ1) is 35.7. The van der Waals surface area contributed by atoms with Crippen LogP contribution >= 0.6 is 0 Å². The monoisotopic (exact) mass is 1070 g/mol. The molecule has 27 heteroatoms. The van der Waals surface area contributed by atoms with Gasteiger partial charge in [0.1, 0.15) is 11.1 Å². The number of methoxy groups -OCH3 is 2. The summed E-state index contributed by atoms with van der Waals surface area (Å²) in [6, 6.07) is 15.6. The van der Waals surface area contributed by atoms with Crippen LogP contribution in [0.3, 0.4) is 0 Å². The second-order valence-corrected chi connectivity index (χ2v) is 19.3. The first-order valence-corrected chi connectivity index (χ1v) is 23.9. The molecule has 8 aromatic rings. The van der Waals surface area contributed by atoms with Gasteiger partial charge in [0, 0.05) is 70.8 Å². The van der Waals surface area contributed by atoms with Gasteiger partial charge in [-0.25, -0.2) is 47.2 Å². The number of aromatic nitrogens is 10. The second-order valence-electron chi connectivity index (χ2n) is 17.0. The van der Waals surface area contributed by atoms with Crippen LogP contribution in [-0.4, -0.2) is 94.3 Å². The second kappa shape index (κ2) is 21.8. The number of carbonyl (C=O) groups excluding carboxylic acids is 1. The van der Waals surface area contributed by atoms with Crippen LogP contribution in [0.15, 0.2) is 97.8 Å². The number of aromatic carboxylic acids is 1. The maximum absolute atomic E-state index is 13.4. The molecule has 0 atom stereocenters. The van der Waals surface area contributed by atoms with Crippen molar-refractivity contribution >= 4 is 45.2 Å². The van der Waals surface area contributed by atoms with Crippen LogP contribution in [-0.2, 0) is 22.4 Å². The number of amides is 1. The van der Waals surface area contributed by atoms with E-state index in [0.717, 1.165) is 56.1 Å². The topological polar surface area (TPSA) is 256 Å². The average molecular weight is 1070 g/mol. The molecule has 396 valence electrons. The maximum atomic E-state index is 13.4. The predicted octanol–water partition coefficient (Wildman–Crippen LogP) is 9.39. The summed E-state index contributed by atoms with van der Waals surface area (Å²) in [5.41, 5.74) is 3.40. The highest BCUT2D eigenvalue weighted by Crippen LogP contribution is 2.34. The Morgan fingerprint density at radius 1 is 0.605 bits per heavy atom. The number of carboxylic acids is 1. The molecule has 0 radical (unpaired) electrons. The largest absolute Gasteiger partial charge is 0.480 e. The minimum atomic E-state index is -4.70. The number of ether oxygens (including phenoxy) is 2. The van der Waals surface area contributed by atoms with Gasteiger partial charge in [-0.15, -0.1) is 0 Å². The standard InChI is InChI=1S/C26H26F3N7O4S.C23H19F3N6O3/c1-14(2)41(38,39)35-23(37)19-11-17(12-30-24(19)40-5)20-13-31-25(32-18-9-15(3)8-16(4)10-18)33-22(20)36-7-6-21(34-36)26(27,28)29;1-12-6-13(2)8-15(7-12)29-22-28-11-17(14-9-16(21(33)34)20(35-3)27-10-14)19(30-22)32-5-4-18(31-32)23(24,25)26/h6-14H,1-5H3,(H,35,37)(H,31,32,33);4-11H,1-3H3,(H,33,34)(H,28,29,30). The van der Waals surface area contributed by atoms with Gasteiger partial charge in [0.25, 0.3) is 5.91 Å². The van der Waals surface area contributed by atoms with E-state index in [-0.39, 0.29) is 68.7 Å². The van der Waals surface area contributed by atoms with Gasteiger partial charge in [-0.1, -0.05) is 12.1 Å². The molecule has 0 bridgehead atoms. The number of anilines is 4. The van der Waals surface area contributed by atoms with E-state index in [9.17, 15) is 49.5 Å². The van der Waals surface area contributed by atoms with Crippen molar-refractivity contribution in [2.75, 3.05) is 24.9 Å². The Morgan fingerprint density at radius 3 is 1.36 bits per heavy atom. The SMILES string of the molecule is COc1ncc(-c2cnc(Nc3cc(C)cc(C)c3)nc2-n2ccc(C(F)(F)F)n2)cc1C(=O)NS(=O)(=O)C(C)C.COc1ncc(-c2cnc(Nc3cc(C)cc(C)c3)nc2-n2ccc(C(F)(F)F)n2)cc1C(=O)O. The van der Waals surface area contributed by atoms with E-state index in [1.807, 2.05) is 68.8 Å². The molecular formula is C49H45F6N13O7S. The summed E-state index contributed by atoms with van der Waals surface area (Å²) in [5, 5.41) is 22.0. The third-order valence-corrected chi connectivity index (χ3v) is 12.4. The summed E-state index contributed by atoms with van der Waals surface area (Å²) in [5.74, 6) is -2.46. The molecule has 6 heterocycles. The number of hydrogen-bond donors (Lipinski definition) is 4. The number of sulfonamides is 1. The van der Waals surface area contributed by atoms with E-state index >= 15 is 0 Å². The van der Waals surface area contributed by atoms with Crippen LogP contribution in [0.5, 0.6) is 11.8 Å². The van der Waals surface area contributed by atoms with E-state index in [1.54, 1.807) is 0 Å². The molecule has 0 aliphatic carbocycles. The van der Waals surface area contributed by atoms with E-state index < -0.39 is 50.9 Å². The third-order valence-electron chi connectivity index (χ3n) is 10.7. The lowest BCUT2D eigenvalue weighted by molar-refractivity contribution is -0.142. The fraction of sp³-hybridized carbons (Fsp3) is 0.224. The van der Waals surface area contributed by atoms with E-state index in [1.165, 1.54) is 65.0 Å². The van der Waals surface area contributed by atoms with E-state index in [0.29, 0.717) is 11.4 Å². The first kappa shape index (κ1) is 54.8. The summed E-state index contributed by atoms with van der Waals surface area (Å²) in [6.45, 7) is 10.5. The molecule has 0 unspecified atom stereocenters. The lowest BCUT2D eigenvalue weighted by Crippen LogP contribution is -2.36. The van der Waals surface area contributed by atoms with Crippen LogP contribution < -0.4 is 24.8 Å². The number of halogens is 6. The van der Waals surface area contributed by atoms with Gasteiger partial charge in [0.05, 0.1) is 19.5 Å². The molecule has 20 nitrogen and oxygen atoms in total. The van der Waals surface area contributed by atoms with Crippen molar-refractivity contribution in [1.29, 1.82) is 0 Å². The lowest BCUT2D eigenvalue weighted by atomic mass is 10.1. The Balaban J connectivity index is 0.000000224. The summed E-state index contributed by atoms with van der Waals surface area (Å²) in [6.07, 6.45) is -1.85. The number of pyridine rings is 2. The van der Waals surface area contributed by atoms with Crippen molar-refractivity contribution < 1.29 is 58.9 Å². The zero-order chi connectivity index (χ0) is 55.4. The van der Waals surface area contributed by atoms with Gasteiger partial charge in [-0.05, 0) is 112 Å². The molecule has 6 aromatic heterocycles. The van der Waals surface area contributed by atoms with Crippen molar-refractivity contribution in [2.24, 2.45) is 0 Å². The zero-order valence-electron chi connectivity index (χ0n) is 41.4. The Bertz CT molecular complexity index is 3560. The number of nitrogens with one attached hydrogen (secondary N) is 3. The first-order valence-electron chi connectivity index (χ1n) is 22.3. The summed E-state index contributed by atoms with van der Waals surface area (Å²) in [4.78, 5) is 50.1. The number of alkyl halides is 6. The van der Waals surface area contributed by atoms with Gasteiger partial charge in [0.15, 0.2) is 23.0 Å². The van der Waals surface area contributed by atoms with Gasteiger partial charge >= 0.3 is 18.3 Å². The number of carboxylic acid groups (broad SMARTS) is 1. The molecule has 0 saturated heterocycles. The number of nitrogens with zero attached hydrogens (tertiary/aromatic N) is 10. The Kier molecular flexibility index (Phi) is 15.7. The van der Waals surface area contributed by atoms with Crippen molar-refractivity contribution in [2.45, 2.75) is 59.1 Å². The minimum Gasteiger partial charge on any atom is -0.480 e. The quantitative estimate of drug-likeness (QED) is 0.0740. The molecular weight excluding hydrogens is 1030 g/mol. The summed E-state index contributed by atoms with van der Waals surface area (Å²) >= 11 is 0. The van der Waals surface area contributed by atoms with Gasteiger partial charge < -0.3 is 25.2 Å². The molecule has 76 heavy (non-hydrogen) atoms. The average Bonchev–Trinajstić information content (AvgIpc) is 4.06. The molecule has 8 rings (SSSR count). The fourth-order valence-electron chi connectivity index (χ4n) is 7.30. The number of carbonyl (C=O) groups is 2. The maximum Gasteiger partial charge on any atom is 0.435 e. The Hall–Kier alpha value is -9.01. The highest BCUT2D eigenvalue weighted by molar-refractivity contribution is 7.90. The molecule has 1 amide bonds. The molecule has 2 aromatic carbocycles. The summed E-state index contributed by atoms with van der Waals surface area (Å²) in [7, 11) is -1.46. The van der Waals surface area contributed by atoms with Crippen molar-refractivity contribution in [3.05, 3.63) is 143 Å². The molecule has 0 fully saturated rings. The van der Waals surface area contributed by atoms with Crippen LogP contribution in [0.1, 0.15) is 68.2 Å². The normalized spacial score (nSPS) is 11.7. The van der Waals surface area contributed by atoms with E-state index in [2.05, 4.69) is 50.7 Å². The third kappa shape index (κ3) is 12.8. The number of benzene rings is 2. The van der Waals surface area contributed by atoms with Crippen LogP contribution in [0.2, 0.25) is 0 Å². The lowest BCUT2D eigenvalue weighted by Gasteiger charge is -2.15. The molecule has 0 spiro atoms. The summed E-state index contributed by atoms with van der Waals surface area (Å²) < 4.78 is 118. The number of rotatable bonds is 14. The highest BCUT2D eigenvalue weighted by atomic mass is 32.2. The molecule has 4 N–H and O–H groups in total. The fourth-order valence-corrected chi connectivity index (χ4v) is 7.91. The Labute approximate surface area is 429 Å². The molecule has 0 aliphatic rings.